The van der Waals surface area contributed by atoms with E-state index in [1.807, 2.05) is 0 Å². The summed E-state index contributed by atoms with van der Waals surface area (Å²) < 4.78 is 28.2. The molecule has 0 bridgehead atoms. The summed E-state index contributed by atoms with van der Waals surface area (Å²) in [7, 11) is 0. The van der Waals surface area contributed by atoms with Gasteiger partial charge in [-0.1, -0.05) is 49.4 Å². The van der Waals surface area contributed by atoms with Crippen molar-refractivity contribution in [2.45, 2.75) is 89.5 Å². The SMILES string of the molecule is CC[C@@]1(O)C(=O)OCc2c1cc1n(c2=O)Cc2c-1nc1cc(F)c(C)c3c1c2[C@H](COCNC(=O)CNC(=O)[C@H](Cc1ccccc1)NC(=O)CNC(=O)CNC(=O)CCCc1ccc(N2C(=O)C=CC2=O)cc1)CC3. The maximum atomic E-state index is 15.4. The van der Waals surface area contributed by atoms with E-state index in [2.05, 4.69) is 26.6 Å². The fraction of sp³-hybridized carbons (Fsp3) is 0.345. The number of nitrogens with one attached hydrogen (secondary N) is 5. The molecule has 5 aromatic rings. The van der Waals surface area contributed by atoms with Crippen LogP contribution in [0.5, 0.6) is 0 Å². The average molecular weight is 1040 g/mol. The smallest absolute Gasteiger partial charge is 0.343 e. The molecular weight excluding hydrogens is 984 g/mol. The number of benzene rings is 3. The number of ether oxygens (including phenoxy) is 2. The molecule has 20 nitrogen and oxygen atoms in total. The van der Waals surface area contributed by atoms with Crippen LogP contribution in [-0.2, 0) is 85.8 Å². The molecule has 0 radical (unpaired) electrons. The minimum Gasteiger partial charge on any atom is -0.458 e. The first-order chi connectivity index (χ1) is 36.5. The van der Waals surface area contributed by atoms with Crippen LogP contribution in [0.15, 0.2) is 83.7 Å². The molecule has 3 aromatic carbocycles. The molecule has 0 saturated heterocycles. The Labute approximate surface area is 434 Å². The van der Waals surface area contributed by atoms with Gasteiger partial charge in [-0.15, -0.1) is 0 Å². The lowest BCUT2D eigenvalue weighted by atomic mass is 9.78. The number of aliphatic hydroxyl groups is 1. The second kappa shape index (κ2) is 22.2. The number of aromatic nitrogens is 2. The molecule has 394 valence electrons. The number of fused-ring (bicyclic) bond motifs is 5. The predicted molar refractivity (Wildman–Crippen MR) is 271 cm³/mol. The molecule has 3 aliphatic heterocycles. The largest absolute Gasteiger partial charge is 0.458 e. The maximum Gasteiger partial charge on any atom is 0.343 e. The number of pyridine rings is 2. The molecule has 6 N–H and O–H groups in total. The first kappa shape index (κ1) is 52.4. The highest BCUT2D eigenvalue weighted by Crippen LogP contribution is 2.46. The summed E-state index contributed by atoms with van der Waals surface area (Å²) in [6.45, 7) is 1.70. The topological polar surface area (TPSA) is 274 Å². The van der Waals surface area contributed by atoms with Crippen LogP contribution in [0.1, 0.15) is 83.0 Å². The summed E-state index contributed by atoms with van der Waals surface area (Å²) in [6.07, 6.45) is 4.61. The van der Waals surface area contributed by atoms with Gasteiger partial charge < -0.3 is 45.7 Å². The number of cyclic esters (lactones) is 1. The molecule has 76 heavy (non-hydrogen) atoms. The Bertz CT molecular complexity index is 3290. The monoisotopic (exact) mass is 1040 g/mol. The van der Waals surface area contributed by atoms with Crippen LogP contribution in [-0.4, -0.2) is 101 Å². The normalized spacial score (nSPS) is 17.3. The quantitative estimate of drug-likeness (QED) is 0.0277. The Kier molecular flexibility index (Phi) is 15.3. The van der Waals surface area contributed by atoms with E-state index in [0.29, 0.717) is 59.4 Å². The number of imide groups is 1. The fourth-order valence-electron chi connectivity index (χ4n) is 10.2. The summed E-state index contributed by atoms with van der Waals surface area (Å²) in [5.74, 6) is -5.34. The van der Waals surface area contributed by atoms with E-state index in [9.17, 15) is 48.3 Å². The van der Waals surface area contributed by atoms with Crippen molar-refractivity contribution in [3.05, 3.63) is 140 Å². The van der Waals surface area contributed by atoms with Gasteiger partial charge in [-0.3, -0.25) is 38.4 Å². The zero-order chi connectivity index (χ0) is 53.8. The van der Waals surface area contributed by atoms with Crippen molar-refractivity contribution in [3.8, 4) is 11.4 Å². The van der Waals surface area contributed by atoms with Gasteiger partial charge in [-0.2, -0.15) is 0 Å². The van der Waals surface area contributed by atoms with Gasteiger partial charge in [-0.25, -0.2) is 19.1 Å². The van der Waals surface area contributed by atoms with Gasteiger partial charge in [-0.05, 0) is 85.0 Å². The first-order valence-corrected chi connectivity index (χ1v) is 25.0. The van der Waals surface area contributed by atoms with Crippen molar-refractivity contribution in [3.63, 3.8) is 0 Å². The van der Waals surface area contributed by atoms with Crippen molar-refractivity contribution in [2.24, 2.45) is 0 Å². The van der Waals surface area contributed by atoms with E-state index in [1.165, 1.54) is 22.8 Å². The number of hydrogen-bond acceptors (Lipinski definition) is 13. The van der Waals surface area contributed by atoms with E-state index < -0.39 is 84.1 Å². The molecule has 0 spiro atoms. The molecule has 0 saturated carbocycles. The van der Waals surface area contributed by atoms with Crippen molar-refractivity contribution in [1.82, 2.24) is 36.1 Å². The molecule has 9 rings (SSSR count). The molecule has 1 aliphatic carbocycles. The van der Waals surface area contributed by atoms with E-state index in [-0.39, 0.29) is 68.7 Å². The number of halogens is 1. The molecule has 5 heterocycles. The van der Waals surface area contributed by atoms with Crippen molar-refractivity contribution in [1.29, 1.82) is 0 Å². The molecular formula is C55H55FN8O12. The van der Waals surface area contributed by atoms with Crippen LogP contribution < -0.4 is 37.0 Å². The molecule has 0 unspecified atom stereocenters. The summed E-state index contributed by atoms with van der Waals surface area (Å²) >= 11 is 0. The van der Waals surface area contributed by atoms with Gasteiger partial charge in [0.2, 0.25) is 29.5 Å². The Morgan fingerprint density at radius 3 is 2.29 bits per heavy atom. The molecule has 21 heteroatoms. The van der Waals surface area contributed by atoms with E-state index in [1.54, 1.807) is 74.5 Å². The van der Waals surface area contributed by atoms with Gasteiger partial charge in [0.15, 0.2) is 5.60 Å². The van der Waals surface area contributed by atoms with Crippen LogP contribution in [0.4, 0.5) is 10.1 Å². The van der Waals surface area contributed by atoms with Gasteiger partial charge in [0, 0.05) is 53.5 Å². The molecule has 4 aliphatic rings. The zero-order valence-corrected chi connectivity index (χ0v) is 41.7. The summed E-state index contributed by atoms with van der Waals surface area (Å²) in [4.78, 5) is 121. The molecule has 7 amide bonds. The van der Waals surface area contributed by atoms with Crippen LogP contribution in [0.25, 0.3) is 22.3 Å². The number of carbonyl (C=O) groups excluding carboxylic acids is 8. The first-order valence-electron chi connectivity index (χ1n) is 25.0. The Morgan fingerprint density at radius 1 is 0.855 bits per heavy atom. The summed E-state index contributed by atoms with van der Waals surface area (Å²) in [6, 6.07) is 17.5. The predicted octanol–water partition coefficient (Wildman–Crippen LogP) is 2.18. The fourth-order valence-corrected chi connectivity index (χ4v) is 10.2. The Balaban J connectivity index is 0.753. The second-order valence-electron chi connectivity index (χ2n) is 19.1. The average Bonchev–Trinajstić information content (AvgIpc) is 4.02. The van der Waals surface area contributed by atoms with E-state index >= 15 is 4.39 Å². The van der Waals surface area contributed by atoms with Gasteiger partial charge >= 0.3 is 5.97 Å². The van der Waals surface area contributed by atoms with Crippen molar-refractivity contribution < 1.29 is 57.3 Å². The highest BCUT2D eigenvalue weighted by atomic mass is 19.1. The van der Waals surface area contributed by atoms with Crippen molar-refractivity contribution in [2.75, 3.05) is 37.9 Å². The number of rotatable bonds is 20. The third-order valence-corrected chi connectivity index (χ3v) is 14.3. The second-order valence-corrected chi connectivity index (χ2v) is 19.1. The van der Waals surface area contributed by atoms with Gasteiger partial charge in [0.05, 0.1) is 60.9 Å². The highest BCUT2D eigenvalue weighted by Gasteiger charge is 2.46. The standard InChI is InChI=1S/C55H55FN8O12/c1-3-55(74)38-21-42-51-36(26-63(42)53(72)37(38)28-76-54(55)73)49-33(14-17-35-30(2)39(56)22-40(62-51)50(35)49)27-75-29-60-45(67)24-59-52(71)41(20-32-8-5-4-6-9-32)61-46(68)25-58-44(66)23-57-43(65)11-7-10-31-12-15-34(16-13-31)64-47(69)18-19-48(64)70/h4-6,8-9,12-13,15-16,18-19,21-22,33,41,74H,3,7,10-11,14,17,20,23-29H2,1-2H3,(H,57,65)(H,58,66)(H,59,71)(H,60,67)(H,61,68)/t33-,41-,55-/m0/s1. The maximum absolute atomic E-state index is 15.4. The lowest BCUT2D eigenvalue weighted by molar-refractivity contribution is -0.172. The number of hydrogen-bond donors (Lipinski definition) is 6. The highest BCUT2D eigenvalue weighted by molar-refractivity contribution is 6.28. The zero-order valence-electron chi connectivity index (χ0n) is 41.7. The van der Waals surface area contributed by atoms with Crippen LogP contribution in [0.3, 0.4) is 0 Å². The number of carbonyl (C=O) groups is 8. The minimum atomic E-state index is -2.02. The number of anilines is 1. The van der Waals surface area contributed by atoms with E-state index in [4.69, 9.17) is 14.5 Å². The van der Waals surface area contributed by atoms with Crippen molar-refractivity contribution >= 4 is 63.9 Å². The van der Waals surface area contributed by atoms with Crippen LogP contribution >= 0.6 is 0 Å². The van der Waals surface area contributed by atoms with Crippen LogP contribution in [0.2, 0.25) is 0 Å². The lowest BCUT2D eigenvalue weighted by Crippen LogP contribution is -2.52. The molecule has 2 aromatic heterocycles. The molecule has 0 fully saturated rings. The number of nitrogens with zero attached hydrogens (tertiary/aromatic N) is 3. The van der Waals surface area contributed by atoms with Gasteiger partial charge in [0.1, 0.15) is 25.2 Å². The summed E-state index contributed by atoms with van der Waals surface area (Å²) in [5.41, 5.74) is 4.00. The van der Waals surface area contributed by atoms with Crippen LogP contribution in [0, 0.1) is 12.7 Å². The summed E-state index contributed by atoms with van der Waals surface area (Å²) in [5, 5.41) is 24.9. The lowest BCUT2D eigenvalue weighted by Gasteiger charge is -2.31. The van der Waals surface area contributed by atoms with Gasteiger partial charge in [0.25, 0.3) is 17.4 Å². The minimum absolute atomic E-state index is 0.0256. The Morgan fingerprint density at radius 2 is 1.55 bits per heavy atom. The van der Waals surface area contributed by atoms with E-state index in [0.717, 1.165) is 32.5 Å². The third-order valence-electron chi connectivity index (χ3n) is 14.3. The Hall–Kier alpha value is -8.43. The third kappa shape index (κ3) is 10.7. The number of esters is 1. The number of aryl methyl sites for hydroxylation is 2. The number of amides is 7. The molecule has 3 atom stereocenters.